The molecule has 3 rings (SSSR count). The van der Waals surface area contributed by atoms with E-state index < -0.39 is 10.0 Å². The molecule has 0 spiro atoms. The molecule has 0 fully saturated rings. The molecule has 142 valence electrons. The van der Waals surface area contributed by atoms with Crippen LogP contribution in [0.5, 0.6) is 0 Å². The lowest BCUT2D eigenvalue weighted by molar-refractivity contribution is 0.0937. The van der Waals surface area contributed by atoms with E-state index in [1.54, 1.807) is 6.07 Å². The molecular weight excluding hydrogens is 370 g/mol. The van der Waals surface area contributed by atoms with Crippen molar-refractivity contribution in [2.45, 2.75) is 51.0 Å². The van der Waals surface area contributed by atoms with Crippen molar-refractivity contribution in [1.29, 1.82) is 0 Å². The fraction of sp³-hybridized carbons (Fsp3) is 0.556. The van der Waals surface area contributed by atoms with Crippen LogP contribution in [0.2, 0.25) is 0 Å². The summed E-state index contributed by atoms with van der Waals surface area (Å²) in [6.07, 6.45) is 3.23. The molecule has 0 aromatic heterocycles. The van der Waals surface area contributed by atoms with E-state index in [1.165, 1.54) is 11.8 Å². The Labute approximate surface area is 159 Å². The van der Waals surface area contributed by atoms with Gasteiger partial charge in [0.25, 0.3) is 15.9 Å². The van der Waals surface area contributed by atoms with E-state index >= 15 is 0 Å². The van der Waals surface area contributed by atoms with Gasteiger partial charge in [0.2, 0.25) is 0 Å². The molecule has 2 aliphatic heterocycles. The molecule has 0 unspecified atom stereocenters. The van der Waals surface area contributed by atoms with Crippen LogP contribution < -0.4 is 10.2 Å². The predicted molar refractivity (Wildman–Crippen MR) is 106 cm³/mol. The lowest BCUT2D eigenvalue weighted by atomic mass is 10.0. The lowest BCUT2D eigenvalue weighted by Gasteiger charge is -2.22. The number of hydrogen-bond acceptors (Lipinski definition) is 5. The number of nitrogens with one attached hydrogen (secondary N) is 1. The van der Waals surface area contributed by atoms with Gasteiger partial charge in [-0.3, -0.25) is 4.79 Å². The van der Waals surface area contributed by atoms with Crippen LogP contribution in [0.4, 0.5) is 5.69 Å². The highest BCUT2D eigenvalue weighted by atomic mass is 32.2. The van der Waals surface area contributed by atoms with Gasteiger partial charge in [-0.25, -0.2) is 8.42 Å². The molecule has 2 aliphatic rings. The zero-order valence-corrected chi connectivity index (χ0v) is 17.0. The second kappa shape index (κ2) is 7.60. The molecular formula is C18H25N3O3S2. The van der Waals surface area contributed by atoms with Gasteiger partial charge in [-0.15, -0.1) is 4.40 Å². The van der Waals surface area contributed by atoms with Crippen LogP contribution in [0.15, 0.2) is 27.5 Å². The van der Waals surface area contributed by atoms with Crippen LogP contribution >= 0.6 is 11.8 Å². The Balaban J connectivity index is 1.66. The molecule has 0 saturated carbocycles. The molecule has 26 heavy (non-hydrogen) atoms. The van der Waals surface area contributed by atoms with Crippen LogP contribution in [0.1, 0.15) is 50.4 Å². The maximum atomic E-state index is 12.5. The molecule has 0 bridgehead atoms. The van der Waals surface area contributed by atoms with Crippen molar-refractivity contribution in [1.82, 2.24) is 5.32 Å². The highest BCUT2D eigenvalue weighted by Gasteiger charge is 2.33. The topological polar surface area (TPSA) is 78.8 Å². The average Bonchev–Trinajstić information content (AvgIpc) is 2.89. The Morgan fingerprint density at radius 3 is 2.81 bits per heavy atom. The summed E-state index contributed by atoms with van der Waals surface area (Å²) in [5.41, 5.74) is 1.51. The molecule has 1 N–H and O–H groups in total. The quantitative estimate of drug-likeness (QED) is 0.800. The minimum Gasteiger partial charge on any atom is -0.350 e. The van der Waals surface area contributed by atoms with Crippen molar-refractivity contribution in [2.24, 2.45) is 10.3 Å². The smallest absolute Gasteiger partial charge is 0.257 e. The summed E-state index contributed by atoms with van der Waals surface area (Å²) in [4.78, 5) is 15.3. The SMILES string of the molecule is CC(C)CCC[C@H](C)NC(=O)c1ccc2c(c1)SC1=NS(=O)(=O)CCN12. The highest BCUT2D eigenvalue weighted by Crippen LogP contribution is 2.42. The van der Waals surface area contributed by atoms with Crippen LogP contribution in [-0.4, -0.2) is 37.8 Å². The Morgan fingerprint density at radius 2 is 2.08 bits per heavy atom. The summed E-state index contributed by atoms with van der Waals surface area (Å²) in [5.74, 6) is 0.605. The summed E-state index contributed by atoms with van der Waals surface area (Å²) in [6.45, 7) is 6.84. The van der Waals surface area contributed by atoms with Crippen molar-refractivity contribution in [3.8, 4) is 0 Å². The lowest BCUT2D eigenvalue weighted by Crippen LogP contribution is -2.35. The van der Waals surface area contributed by atoms with E-state index in [9.17, 15) is 13.2 Å². The number of carbonyl (C=O) groups excluding carboxylic acids is 1. The van der Waals surface area contributed by atoms with Gasteiger partial charge in [-0.05, 0) is 49.2 Å². The van der Waals surface area contributed by atoms with Crippen LogP contribution in [0.3, 0.4) is 0 Å². The molecule has 0 aliphatic carbocycles. The Bertz CT molecular complexity index is 834. The van der Waals surface area contributed by atoms with E-state index in [1.807, 2.05) is 24.0 Å². The Morgan fingerprint density at radius 1 is 1.31 bits per heavy atom. The molecule has 1 amide bonds. The zero-order chi connectivity index (χ0) is 18.9. The number of fused-ring (bicyclic) bond motifs is 3. The number of benzene rings is 1. The molecule has 1 atom stereocenters. The van der Waals surface area contributed by atoms with E-state index in [4.69, 9.17) is 0 Å². The second-order valence-electron chi connectivity index (χ2n) is 7.30. The van der Waals surface area contributed by atoms with Gasteiger partial charge in [-0.1, -0.05) is 26.7 Å². The van der Waals surface area contributed by atoms with Crippen molar-refractivity contribution < 1.29 is 13.2 Å². The molecule has 8 heteroatoms. The summed E-state index contributed by atoms with van der Waals surface area (Å²) in [6, 6.07) is 5.62. The van der Waals surface area contributed by atoms with Gasteiger partial charge in [0.1, 0.15) is 0 Å². The number of anilines is 1. The Kier molecular flexibility index (Phi) is 5.62. The fourth-order valence-corrected chi connectivity index (χ4v) is 5.38. The standard InChI is InChI=1S/C18H25N3O3S2/c1-12(2)5-4-6-13(3)19-17(22)14-7-8-15-16(11-14)25-18-20-26(23,24)10-9-21(15)18/h7-8,11-13H,4-6,9-10H2,1-3H3,(H,19,22)/t13-/m0/s1. The maximum absolute atomic E-state index is 12.5. The van der Waals surface area contributed by atoms with Crippen molar-refractivity contribution in [3.63, 3.8) is 0 Å². The number of rotatable bonds is 6. The molecule has 0 radical (unpaired) electrons. The first-order valence-electron chi connectivity index (χ1n) is 8.98. The predicted octanol–water partition coefficient (Wildman–Crippen LogP) is 3.24. The molecule has 1 aromatic rings. The van der Waals surface area contributed by atoms with Gasteiger partial charge in [0.15, 0.2) is 5.17 Å². The molecule has 2 heterocycles. The van der Waals surface area contributed by atoms with E-state index in [2.05, 4.69) is 23.6 Å². The van der Waals surface area contributed by atoms with Gasteiger partial charge in [0.05, 0.1) is 11.4 Å². The number of carbonyl (C=O) groups is 1. The Hall–Kier alpha value is -1.54. The van der Waals surface area contributed by atoms with Gasteiger partial charge >= 0.3 is 0 Å². The third-order valence-electron chi connectivity index (χ3n) is 4.53. The number of amides is 1. The minimum absolute atomic E-state index is 0.0205. The monoisotopic (exact) mass is 395 g/mol. The average molecular weight is 396 g/mol. The normalized spacial score (nSPS) is 18.9. The first kappa shape index (κ1) is 19.2. The van der Waals surface area contributed by atoms with E-state index in [-0.39, 0.29) is 17.7 Å². The number of amidine groups is 1. The summed E-state index contributed by atoms with van der Waals surface area (Å²) < 4.78 is 27.2. The van der Waals surface area contributed by atoms with Crippen LogP contribution in [0.25, 0.3) is 0 Å². The van der Waals surface area contributed by atoms with Crippen LogP contribution in [0, 0.1) is 5.92 Å². The van der Waals surface area contributed by atoms with Gasteiger partial charge in [-0.2, -0.15) is 0 Å². The maximum Gasteiger partial charge on any atom is 0.257 e. The van der Waals surface area contributed by atoms with Gasteiger partial charge < -0.3 is 10.2 Å². The van der Waals surface area contributed by atoms with Crippen molar-refractivity contribution >= 4 is 38.5 Å². The van der Waals surface area contributed by atoms with E-state index in [0.29, 0.717) is 23.2 Å². The van der Waals surface area contributed by atoms with Crippen molar-refractivity contribution in [3.05, 3.63) is 23.8 Å². The summed E-state index contributed by atoms with van der Waals surface area (Å²) in [5, 5.41) is 3.53. The molecule has 0 saturated heterocycles. The molecule has 1 aromatic carbocycles. The third kappa shape index (κ3) is 4.40. The largest absolute Gasteiger partial charge is 0.350 e. The minimum atomic E-state index is -3.37. The number of sulfonamides is 1. The van der Waals surface area contributed by atoms with Crippen LogP contribution in [-0.2, 0) is 10.0 Å². The zero-order valence-electron chi connectivity index (χ0n) is 15.4. The first-order valence-corrected chi connectivity index (χ1v) is 11.4. The summed E-state index contributed by atoms with van der Waals surface area (Å²) in [7, 11) is -3.37. The summed E-state index contributed by atoms with van der Waals surface area (Å²) >= 11 is 1.31. The van der Waals surface area contributed by atoms with E-state index in [0.717, 1.165) is 29.8 Å². The third-order valence-corrected chi connectivity index (χ3v) is 6.84. The highest BCUT2D eigenvalue weighted by molar-refractivity contribution is 8.15. The number of thioether (sulfide) groups is 1. The number of nitrogens with zero attached hydrogens (tertiary/aromatic N) is 2. The molecule has 6 nitrogen and oxygen atoms in total. The number of hydrogen-bond donors (Lipinski definition) is 1. The fourth-order valence-electron chi connectivity index (χ4n) is 3.08. The van der Waals surface area contributed by atoms with Gasteiger partial charge in [0, 0.05) is 23.0 Å². The first-order chi connectivity index (χ1) is 12.2. The second-order valence-corrected chi connectivity index (χ2v) is 10.1. The van der Waals surface area contributed by atoms with Crippen molar-refractivity contribution in [2.75, 3.05) is 17.2 Å².